The first kappa shape index (κ1) is 19.1. The average Bonchev–Trinajstić information content (AvgIpc) is 3.20. The quantitative estimate of drug-likeness (QED) is 0.475. The molecule has 0 saturated heterocycles. The van der Waals surface area contributed by atoms with Crippen molar-refractivity contribution in [1.29, 1.82) is 0 Å². The molecule has 3 heterocycles. The normalized spacial score (nSPS) is 16.0. The lowest BCUT2D eigenvalue weighted by Gasteiger charge is -2.43. The molecule has 2 aliphatic heterocycles. The van der Waals surface area contributed by atoms with Gasteiger partial charge in [-0.3, -0.25) is 0 Å². The number of ether oxygens (including phenoxy) is 3. The highest BCUT2D eigenvalue weighted by atomic mass is 32.1. The Balaban J connectivity index is 1.75. The van der Waals surface area contributed by atoms with Crippen LogP contribution in [0.25, 0.3) is 16.7 Å². The van der Waals surface area contributed by atoms with Crippen LogP contribution in [0, 0.1) is 0 Å². The van der Waals surface area contributed by atoms with Crippen molar-refractivity contribution < 1.29 is 14.2 Å². The summed E-state index contributed by atoms with van der Waals surface area (Å²) in [6, 6.07) is 14.6. The number of benzene rings is 2. The summed E-state index contributed by atoms with van der Waals surface area (Å²) in [5, 5.41) is 2.07. The minimum atomic E-state index is -0.160. The van der Waals surface area contributed by atoms with E-state index < -0.39 is 0 Å². The van der Waals surface area contributed by atoms with Crippen LogP contribution in [0.15, 0.2) is 48.5 Å². The fourth-order valence-electron chi connectivity index (χ4n) is 4.78. The monoisotopic (exact) mass is 419 g/mol. The van der Waals surface area contributed by atoms with Crippen LogP contribution in [0.3, 0.4) is 0 Å². The van der Waals surface area contributed by atoms with Crippen molar-refractivity contribution >= 4 is 27.6 Å². The van der Waals surface area contributed by atoms with E-state index in [0.29, 0.717) is 6.61 Å². The molecule has 0 radical (unpaired) electrons. The number of allylic oxidation sites excluding steroid dienone is 1. The van der Waals surface area contributed by atoms with E-state index in [1.807, 2.05) is 24.3 Å². The van der Waals surface area contributed by atoms with Gasteiger partial charge in [0.05, 0.1) is 36.0 Å². The summed E-state index contributed by atoms with van der Waals surface area (Å²) in [6.07, 6.45) is 2.35. The van der Waals surface area contributed by atoms with Gasteiger partial charge < -0.3 is 19.1 Å². The van der Waals surface area contributed by atoms with Crippen LogP contribution in [0.2, 0.25) is 0 Å². The van der Waals surface area contributed by atoms with E-state index in [4.69, 9.17) is 14.2 Å². The molecule has 154 valence electrons. The Bertz CT molecular complexity index is 1160. The van der Waals surface area contributed by atoms with Crippen molar-refractivity contribution in [2.24, 2.45) is 0 Å². The molecule has 3 aromatic rings. The molecule has 1 aromatic heterocycles. The molecular weight excluding hydrogens is 394 g/mol. The van der Waals surface area contributed by atoms with Gasteiger partial charge in [-0.25, -0.2) is 0 Å². The Morgan fingerprint density at radius 1 is 1.00 bits per heavy atom. The van der Waals surface area contributed by atoms with E-state index in [1.165, 1.54) is 28.0 Å². The molecular formula is C25H25NO3S. The zero-order valence-electron chi connectivity index (χ0n) is 17.9. The molecule has 30 heavy (non-hydrogen) atoms. The SMILES string of the molecule is COc1ccc(N2c3ccc4c(c3C(C)=CC2(C)C)COc2cccc(OC)c2-4)s1. The van der Waals surface area contributed by atoms with Gasteiger partial charge in [-0.2, -0.15) is 0 Å². The van der Waals surface area contributed by atoms with Crippen molar-refractivity contribution in [2.45, 2.75) is 32.9 Å². The molecule has 5 heteroatoms. The van der Waals surface area contributed by atoms with Gasteiger partial charge in [-0.15, -0.1) is 0 Å². The highest BCUT2D eigenvalue weighted by molar-refractivity contribution is 7.17. The third kappa shape index (κ3) is 2.72. The fraction of sp³-hybridized carbons (Fsp3) is 0.280. The molecule has 0 saturated carbocycles. The zero-order chi connectivity index (χ0) is 21.0. The zero-order valence-corrected chi connectivity index (χ0v) is 18.7. The molecule has 0 amide bonds. The van der Waals surface area contributed by atoms with Crippen molar-refractivity contribution in [3.8, 4) is 27.7 Å². The van der Waals surface area contributed by atoms with Gasteiger partial charge in [0, 0.05) is 11.1 Å². The molecule has 0 fully saturated rings. The smallest absolute Gasteiger partial charge is 0.175 e. The largest absolute Gasteiger partial charge is 0.496 e. The second-order valence-corrected chi connectivity index (χ2v) is 9.25. The highest BCUT2D eigenvalue weighted by Crippen LogP contribution is 2.52. The molecule has 0 aliphatic carbocycles. The van der Waals surface area contributed by atoms with E-state index >= 15 is 0 Å². The predicted molar refractivity (Wildman–Crippen MR) is 124 cm³/mol. The van der Waals surface area contributed by atoms with Gasteiger partial charge in [0.15, 0.2) is 5.06 Å². The lowest BCUT2D eigenvalue weighted by atomic mass is 9.83. The van der Waals surface area contributed by atoms with Gasteiger partial charge in [-0.05, 0) is 62.2 Å². The summed E-state index contributed by atoms with van der Waals surface area (Å²) < 4.78 is 17.3. The Kier molecular flexibility index (Phi) is 4.33. The number of methoxy groups -OCH3 is 2. The maximum absolute atomic E-state index is 6.18. The summed E-state index contributed by atoms with van der Waals surface area (Å²) in [5.41, 5.74) is 6.98. The second-order valence-electron chi connectivity index (χ2n) is 8.22. The third-order valence-electron chi connectivity index (χ3n) is 5.91. The standard InChI is InChI=1S/C25H25NO3S/c1-15-13-25(2,3)26(21-11-12-22(28-5)30-21)18-10-9-16-17(23(15)18)14-29-20-8-6-7-19(27-4)24(16)20/h6-13H,14H2,1-5H3. The molecule has 0 N–H and O–H groups in total. The number of thiophene rings is 1. The van der Waals surface area contributed by atoms with E-state index in [9.17, 15) is 0 Å². The minimum Gasteiger partial charge on any atom is -0.496 e. The first-order valence-electron chi connectivity index (χ1n) is 10.0. The van der Waals surface area contributed by atoms with Crippen LogP contribution in [-0.2, 0) is 6.61 Å². The third-order valence-corrected chi connectivity index (χ3v) is 6.94. The van der Waals surface area contributed by atoms with Crippen LogP contribution < -0.4 is 19.1 Å². The fourth-order valence-corrected chi connectivity index (χ4v) is 5.77. The first-order valence-corrected chi connectivity index (χ1v) is 10.9. The van der Waals surface area contributed by atoms with Crippen LogP contribution in [0.4, 0.5) is 10.7 Å². The number of hydrogen-bond donors (Lipinski definition) is 0. The van der Waals surface area contributed by atoms with Crippen molar-refractivity contribution in [2.75, 3.05) is 19.1 Å². The van der Waals surface area contributed by atoms with E-state index in [2.05, 4.69) is 49.9 Å². The molecule has 4 nitrogen and oxygen atoms in total. The highest BCUT2D eigenvalue weighted by Gasteiger charge is 2.36. The topological polar surface area (TPSA) is 30.9 Å². The van der Waals surface area contributed by atoms with Gasteiger partial charge in [-0.1, -0.05) is 29.5 Å². The second kappa shape index (κ2) is 6.81. The van der Waals surface area contributed by atoms with Crippen LogP contribution >= 0.6 is 11.3 Å². The van der Waals surface area contributed by atoms with Crippen LogP contribution in [-0.4, -0.2) is 19.8 Å². The summed E-state index contributed by atoms with van der Waals surface area (Å²) in [5.74, 6) is 1.71. The van der Waals surface area contributed by atoms with Crippen LogP contribution in [0.5, 0.6) is 16.6 Å². The number of rotatable bonds is 3. The Labute approximate surface area is 181 Å². The van der Waals surface area contributed by atoms with Gasteiger partial charge in [0.2, 0.25) is 0 Å². The van der Waals surface area contributed by atoms with Crippen molar-refractivity contribution in [1.82, 2.24) is 0 Å². The summed E-state index contributed by atoms with van der Waals surface area (Å²) in [6.45, 7) is 7.25. The molecule has 5 rings (SSSR count). The van der Waals surface area contributed by atoms with Gasteiger partial charge in [0.1, 0.15) is 18.1 Å². The molecule has 2 aromatic carbocycles. The number of hydrogen-bond acceptors (Lipinski definition) is 5. The summed E-state index contributed by atoms with van der Waals surface area (Å²) in [7, 11) is 3.43. The van der Waals surface area contributed by atoms with Crippen molar-refractivity contribution in [3.05, 3.63) is 59.7 Å². The number of anilines is 2. The lowest BCUT2D eigenvalue weighted by Crippen LogP contribution is -2.41. The minimum absolute atomic E-state index is 0.160. The maximum Gasteiger partial charge on any atom is 0.175 e. The molecule has 0 spiro atoms. The summed E-state index contributed by atoms with van der Waals surface area (Å²) in [4.78, 5) is 2.40. The van der Waals surface area contributed by atoms with E-state index in [-0.39, 0.29) is 5.54 Å². The molecule has 0 atom stereocenters. The molecule has 2 aliphatic rings. The lowest BCUT2D eigenvalue weighted by molar-refractivity contribution is 0.299. The maximum atomic E-state index is 6.18. The average molecular weight is 420 g/mol. The Hall–Kier alpha value is -2.92. The number of fused-ring (bicyclic) bond motifs is 5. The Morgan fingerprint density at radius 3 is 2.57 bits per heavy atom. The van der Waals surface area contributed by atoms with Gasteiger partial charge in [0.25, 0.3) is 0 Å². The molecule has 0 bridgehead atoms. The number of nitrogens with zero attached hydrogens (tertiary/aromatic N) is 1. The van der Waals surface area contributed by atoms with E-state index in [0.717, 1.165) is 27.1 Å². The van der Waals surface area contributed by atoms with Gasteiger partial charge >= 0.3 is 0 Å². The molecule has 0 unspecified atom stereocenters. The Morgan fingerprint density at radius 2 is 1.83 bits per heavy atom. The summed E-state index contributed by atoms with van der Waals surface area (Å²) >= 11 is 1.66. The van der Waals surface area contributed by atoms with E-state index in [1.54, 1.807) is 25.6 Å². The van der Waals surface area contributed by atoms with Crippen LogP contribution in [0.1, 0.15) is 31.9 Å². The van der Waals surface area contributed by atoms with Crippen molar-refractivity contribution in [3.63, 3.8) is 0 Å². The predicted octanol–water partition coefficient (Wildman–Crippen LogP) is 6.66. The first-order chi connectivity index (χ1) is 14.4.